The van der Waals surface area contributed by atoms with Gasteiger partial charge in [0.2, 0.25) is 0 Å². The molecule has 0 radical (unpaired) electrons. The predicted molar refractivity (Wildman–Crippen MR) is 152 cm³/mol. The summed E-state index contributed by atoms with van der Waals surface area (Å²) >= 11 is 6.30. The number of hydrogen-bond acceptors (Lipinski definition) is 3. The Labute approximate surface area is 221 Å². The first-order chi connectivity index (χ1) is 18.2. The molecule has 0 unspecified atom stereocenters. The summed E-state index contributed by atoms with van der Waals surface area (Å²) in [4.78, 5) is 14.6. The van der Waals surface area contributed by atoms with Gasteiger partial charge in [0.25, 0.3) is 0 Å². The lowest BCUT2D eigenvalue weighted by Crippen LogP contribution is -2.00. The number of aromatic nitrogens is 3. The van der Waals surface area contributed by atoms with Gasteiger partial charge in [-0.2, -0.15) is 0 Å². The van der Waals surface area contributed by atoms with E-state index in [-0.39, 0.29) is 0 Å². The van der Waals surface area contributed by atoms with E-state index in [0.29, 0.717) is 22.5 Å². The molecule has 6 rings (SSSR count). The average Bonchev–Trinajstić information content (AvgIpc) is 2.98. The Hall–Kier alpha value is -4.60. The summed E-state index contributed by atoms with van der Waals surface area (Å²) in [5.41, 5.74) is 7.26. The highest BCUT2D eigenvalue weighted by Crippen LogP contribution is 2.29. The minimum Gasteiger partial charge on any atom is -0.208 e. The minimum atomic E-state index is 0.583. The molecule has 0 aliphatic carbocycles. The third-order valence-electron chi connectivity index (χ3n) is 6.20. The van der Waals surface area contributed by atoms with Crippen LogP contribution in [0.25, 0.3) is 56.4 Å². The second kappa shape index (κ2) is 10.2. The Kier molecular flexibility index (Phi) is 6.28. The van der Waals surface area contributed by atoms with E-state index in [1.54, 1.807) is 0 Å². The van der Waals surface area contributed by atoms with E-state index in [2.05, 4.69) is 60.7 Å². The molecule has 1 aromatic heterocycles. The van der Waals surface area contributed by atoms with Crippen LogP contribution in [-0.4, -0.2) is 15.0 Å². The molecule has 0 spiro atoms. The van der Waals surface area contributed by atoms with Crippen LogP contribution >= 0.6 is 11.6 Å². The second-order valence-corrected chi connectivity index (χ2v) is 9.14. The molecule has 0 aliphatic heterocycles. The third-order valence-corrected chi connectivity index (χ3v) is 6.43. The summed E-state index contributed by atoms with van der Waals surface area (Å²) < 4.78 is 0. The molecule has 0 aliphatic rings. The van der Waals surface area contributed by atoms with Crippen LogP contribution in [0.4, 0.5) is 0 Å². The van der Waals surface area contributed by atoms with Gasteiger partial charge in [-0.3, -0.25) is 0 Å². The maximum absolute atomic E-state index is 6.30. The molecule has 0 saturated carbocycles. The molecule has 176 valence electrons. The topological polar surface area (TPSA) is 38.7 Å². The summed E-state index contributed by atoms with van der Waals surface area (Å²) in [7, 11) is 0. The standard InChI is InChI=1S/C33H22ClN3/c34-30-16-8-15-29(22-30)33-36-31(26-19-17-25(18-20-26)23-9-3-1-4-10-23)35-32(37-33)28-14-7-13-27(21-28)24-11-5-2-6-12-24/h1-22H. The van der Waals surface area contributed by atoms with Crippen molar-refractivity contribution in [1.82, 2.24) is 15.0 Å². The van der Waals surface area contributed by atoms with E-state index in [4.69, 9.17) is 26.6 Å². The van der Waals surface area contributed by atoms with Gasteiger partial charge in [-0.25, -0.2) is 15.0 Å². The van der Waals surface area contributed by atoms with Gasteiger partial charge in [0, 0.05) is 21.7 Å². The number of nitrogens with zero attached hydrogens (tertiary/aromatic N) is 3. The molecule has 0 saturated heterocycles. The fourth-order valence-electron chi connectivity index (χ4n) is 4.30. The summed E-state index contributed by atoms with van der Waals surface area (Å²) in [6.45, 7) is 0. The largest absolute Gasteiger partial charge is 0.208 e. The lowest BCUT2D eigenvalue weighted by Gasteiger charge is -2.10. The Morgan fingerprint density at radius 1 is 0.324 bits per heavy atom. The van der Waals surface area contributed by atoms with Gasteiger partial charge in [0.1, 0.15) is 0 Å². The van der Waals surface area contributed by atoms with E-state index >= 15 is 0 Å². The van der Waals surface area contributed by atoms with Crippen molar-refractivity contribution in [3.05, 3.63) is 138 Å². The first-order valence-corrected chi connectivity index (χ1v) is 12.4. The van der Waals surface area contributed by atoms with Crippen LogP contribution in [0.5, 0.6) is 0 Å². The average molecular weight is 496 g/mol. The van der Waals surface area contributed by atoms with Crippen LogP contribution in [0.1, 0.15) is 0 Å². The SMILES string of the molecule is Clc1cccc(-c2nc(-c3ccc(-c4ccccc4)cc3)nc(-c3cccc(-c4ccccc4)c3)n2)c1. The first kappa shape index (κ1) is 22.8. The summed E-state index contributed by atoms with van der Waals surface area (Å²) in [6, 6.07) is 44.8. The molecule has 6 aromatic rings. The van der Waals surface area contributed by atoms with Gasteiger partial charge in [-0.15, -0.1) is 0 Å². The molecule has 0 bridgehead atoms. The van der Waals surface area contributed by atoms with Crippen molar-refractivity contribution in [3.8, 4) is 56.4 Å². The van der Waals surface area contributed by atoms with E-state index in [1.807, 2.05) is 72.8 Å². The minimum absolute atomic E-state index is 0.583. The maximum Gasteiger partial charge on any atom is 0.164 e. The zero-order valence-corrected chi connectivity index (χ0v) is 20.7. The Morgan fingerprint density at radius 2 is 0.730 bits per heavy atom. The molecule has 0 fully saturated rings. The smallest absolute Gasteiger partial charge is 0.164 e. The molecule has 5 aromatic carbocycles. The molecule has 3 nitrogen and oxygen atoms in total. The molecule has 37 heavy (non-hydrogen) atoms. The van der Waals surface area contributed by atoms with Crippen molar-refractivity contribution in [2.24, 2.45) is 0 Å². The van der Waals surface area contributed by atoms with E-state index in [0.717, 1.165) is 33.4 Å². The predicted octanol–water partition coefficient (Wildman–Crippen LogP) is 8.86. The fraction of sp³-hybridized carbons (Fsp3) is 0. The van der Waals surface area contributed by atoms with Crippen LogP contribution in [0.3, 0.4) is 0 Å². The lowest BCUT2D eigenvalue weighted by molar-refractivity contribution is 1.07. The van der Waals surface area contributed by atoms with Gasteiger partial charge < -0.3 is 0 Å². The summed E-state index contributed by atoms with van der Waals surface area (Å²) in [5.74, 6) is 1.81. The monoisotopic (exact) mass is 495 g/mol. The van der Waals surface area contributed by atoms with Gasteiger partial charge in [0.15, 0.2) is 17.5 Å². The highest BCUT2D eigenvalue weighted by atomic mass is 35.5. The summed E-state index contributed by atoms with van der Waals surface area (Å²) in [6.07, 6.45) is 0. The van der Waals surface area contributed by atoms with Crippen LogP contribution < -0.4 is 0 Å². The fourth-order valence-corrected chi connectivity index (χ4v) is 4.49. The number of rotatable bonds is 5. The Bertz CT molecular complexity index is 1660. The maximum atomic E-state index is 6.30. The Balaban J connectivity index is 1.46. The van der Waals surface area contributed by atoms with Crippen molar-refractivity contribution in [2.75, 3.05) is 0 Å². The van der Waals surface area contributed by atoms with Crippen LogP contribution in [0, 0.1) is 0 Å². The first-order valence-electron chi connectivity index (χ1n) is 12.1. The zero-order chi connectivity index (χ0) is 25.0. The van der Waals surface area contributed by atoms with Crippen LogP contribution in [-0.2, 0) is 0 Å². The molecule has 0 atom stereocenters. The van der Waals surface area contributed by atoms with Gasteiger partial charge >= 0.3 is 0 Å². The van der Waals surface area contributed by atoms with Crippen molar-refractivity contribution in [2.45, 2.75) is 0 Å². The van der Waals surface area contributed by atoms with Gasteiger partial charge in [-0.1, -0.05) is 127 Å². The molecule has 0 N–H and O–H groups in total. The highest BCUT2D eigenvalue weighted by Gasteiger charge is 2.13. The number of halogens is 1. The molecule has 0 amide bonds. The lowest BCUT2D eigenvalue weighted by atomic mass is 10.0. The molecule has 4 heteroatoms. The third kappa shape index (κ3) is 5.04. The molecule has 1 heterocycles. The highest BCUT2D eigenvalue weighted by molar-refractivity contribution is 6.30. The Morgan fingerprint density at radius 3 is 1.32 bits per heavy atom. The number of hydrogen-bond donors (Lipinski definition) is 0. The summed E-state index contributed by atoms with van der Waals surface area (Å²) in [5, 5.41) is 0.638. The second-order valence-electron chi connectivity index (χ2n) is 8.71. The van der Waals surface area contributed by atoms with Crippen LogP contribution in [0.15, 0.2) is 133 Å². The van der Waals surface area contributed by atoms with Gasteiger partial charge in [0.05, 0.1) is 0 Å². The van der Waals surface area contributed by atoms with Crippen molar-refractivity contribution in [3.63, 3.8) is 0 Å². The van der Waals surface area contributed by atoms with Crippen molar-refractivity contribution >= 4 is 11.6 Å². The molecular weight excluding hydrogens is 474 g/mol. The number of benzene rings is 5. The van der Waals surface area contributed by atoms with E-state index < -0.39 is 0 Å². The normalized spacial score (nSPS) is 10.8. The van der Waals surface area contributed by atoms with Crippen molar-refractivity contribution in [1.29, 1.82) is 0 Å². The van der Waals surface area contributed by atoms with Crippen molar-refractivity contribution < 1.29 is 0 Å². The molecular formula is C33H22ClN3. The van der Waals surface area contributed by atoms with E-state index in [1.165, 1.54) is 5.56 Å². The van der Waals surface area contributed by atoms with Crippen LogP contribution in [0.2, 0.25) is 5.02 Å². The van der Waals surface area contributed by atoms with Gasteiger partial charge in [-0.05, 0) is 40.5 Å². The zero-order valence-electron chi connectivity index (χ0n) is 19.9. The quantitative estimate of drug-likeness (QED) is 0.240. The van der Waals surface area contributed by atoms with E-state index in [9.17, 15) is 0 Å².